The van der Waals surface area contributed by atoms with Crippen LogP contribution in [0.25, 0.3) is 0 Å². The first-order chi connectivity index (χ1) is 24.5. The molecule has 1 aliphatic carbocycles. The van der Waals surface area contributed by atoms with Gasteiger partial charge in [0.25, 0.3) is 5.91 Å². The van der Waals surface area contributed by atoms with Crippen LogP contribution in [0.4, 0.5) is 11.4 Å². The first-order valence-electron chi connectivity index (χ1n) is 16.9. The number of fused-ring (bicyclic) bond motifs is 1. The van der Waals surface area contributed by atoms with E-state index in [1.165, 1.54) is 12.8 Å². The number of hydrogen-bond donors (Lipinski definition) is 6. The Kier molecular flexibility index (Phi) is 12.3. The number of carbonyl (C=O) groups is 2. The Bertz CT molecular complexity index is 1700. The Morgan fingerprint density at radius 2 is 1.63 bits per heavy atom. The molecule has 3 aromatic carbocycles. The summed E-state index contributed by atoms with van der Waals surface area (Å²) in [6.07, 6.45) is -4.36. The number of aliphatic hydroxyl groups excluding tert-OH is 5. The van der Waals surface area contributed by atoms with E-state index in [1.54, 1.807) is 48.2 Å². The van der Waals surface area contributed by atoms with E-state index in [2.05, 4.69) is 21.2 Å². The van der Waals surface area contributed by atoms with Crippen molar-refractivity contribution in [1.82, 2.24) is 10.2 Å². The number of amides is 2. The summed E-state index contributed by atoms with van der Waals surface area (Å²) in [5.41, 5.74) is 3.93. The number of nitrogens with zero attached hydrogens (tertiary/aromatic N) is 3. The molecular formula is C36H42Cl2N4O8S. The van der Waals surface area contributed by atoms with Crippen LogP contribution in [0.3, 0.4) is 0 Å². The Morgan fingerprint density at radius 3 is 2.33 bits per heavy atom. The zero-order valence-corrected chi connectivity index (χ0v) is 30.1. The van der Waals surface area contributed by atoms with Gasteiger partial charge in [0.15, 0.2) is 0 Å². The molecule has 5 atom stereocenters. The maximum Gasteiger partial charge on any atom is 0.251 e. The fourth-order valence-electron chi connectivity index (χ4n) is 6.34. The van der Waals surface area contributed by atoms with Gasteiger partial charge in [0.2, 0.25) is 5.91 Å². The van der Waals surface area contributed by atoms with Crippen LogP contribution in [0.15, 0.2) is 60.7 Å². The van der Waals surface area contributed by atoms with E-state index in [1.807, 2.05) is 23.1 Å². The third-order valence-corrected chi connectivity index (χ3v) is 11.2. The minimum absolute atomic E-state index is 0.0970. The van der Waals surface area contributed by atoms with Gasteiger partial charge < -0.3 is 45.4 Å². The molecule has 6 rings (SSSR count). The molecule has 2 amide bonds. The molecule has 51 heavy (non-hydrogen) atoms. The number of halogens is 2. The summed E-state index contributed by atoms with van der Waals surface area (Å²) < 4.78 is 5.96. The molecule has 0 bridgehead atoms. The zero-order chi connectivity index (χ0) is 36.2. The van der Waals surface area contributed by atoms with Crippen molar-refractivity contribution in [2.24, 2.45) is 0 Å². The van der Waals surface area contributed by atoms with Crippen molar-refractivity contribution in [3.8, 4) is 5.75 Å². The molecule has 274 valence electrons. The number of thioether (sulfide) groups is 1. The highest BCUT2D eigenvalue weighted by atomic mass is 35.5. The van der Waals surface area contributed by atoms with Crippen LogP contribution in [0.1, 0.15) is 34.3 Å². The van der Waals surface area contributed by atoms with E-state index in [9.17, 15) is 30.0 Å². The predicted molar refractivity (Wildman–Crippen MR) is 197 cm³/mol. The van der Waals surface area contributed by atoms with Gasteiger partial charge in [-0.05, 0) is 54.3 Å². The third kappa shape index (κ3) is 8.75. The highest BCUT2D eigenvalue weighted by Gasteiger charge is 2.40. The van der Waals surface area contributed by atoms with E-state index in [4.69, 9.17) is 33.0 Å². The molecule has 6 N–H and O–H groups in total. The summed E-state index contributed by atoms with van der Waals surface area (Å²) in [7, 11) is 0. The van der Waals surface area contributed by atoms with Crippen molar-refractivity contribution in [2.75, 3.05) is 47.7 Å². The van der Waals surface area contributed by atoms with Crippen LogP contribution in [0.2, 0.25) is 10.0 Å². The fraction of sp³-hybridized carbons (Fsp3) is 0.444. The van der Waals surface area contributed by atoms with Crippen molar-refractivity contribution in [2.45, 2.75) is 62.5 Å². The minimum atomic E-state index is -1.78. The molecular weight excluding hydrogens is 719 g/mol. The number of benzene rings is 3. The van der Waals surface area contributed by atoms with Crippen LogP contribution in [0, 0.1) is 0 Å². The van der Waals surface area contributed by atoms with Crippen LogP contribution >= 0.6 is 35.0 Å². The SMILES string of the molecule is O=C(NC[C@H](O)[C@@H](O)[C@H](O)[C@H](O)CO)c1ccc(COc2cc(Cl)c(CN3CSC[C@@H]3C(=O)N3CCN(C4CC4)c4ccccc43)cc2Cl)cc1. The van der Waals surface area contributed by atoms with Crippen LogP contribution < -0.4 is 19.9 Å². The molecule has 0 unspecified atom stereocenters. The van der Waals surface area contributed by atoms with Crippen molar-refractivity contribution in [1.29, 1.82) is 0 Å². The van der Waals surface area contributed by atoms with E-state index in [-0.39, 0.29) is 24.1 Å². The Hall–Kier alpha value is -3.11. The molecule has 1 saturated carbocycles. The van der Waals surface area contributed by atoms with Gasteiger partial charge in [-0.15, -0.1) is 11.8 Å². The van der Waals surface area contributed by atoms with Crippen molar-refractivity contribution in [3.63, 3.8) is 0 Å². The van der Waals surface area contributed by atoms with Gasteiger partial charge in [0, 0.05) is 60.5 Å². The molecule has 2 aliphatic heterocycles. The molecule has 0 radical (unpaired) electrons. The summed E-state index contributed by atoms with van der Waals surface area (Å²) in [6, 6.07) is 18.4. The lowest BCUT2D eigenvalue weighted by Crippen LogP contribution is -2.52. The summed E-state index contributed by atoms with van der Waals surface area (Å²) in [6.45, 7) is 0.900. The molecule has 3 aromatic rings. The molecule has 0 spiro atoms. The predicted octanol–water partition coefficient (Wildman–Crippen LogP) is 2.63. The molecule has 1 saturated heterocycles. The number of carbonyl (C=O) groups excluding carboxylic acids is 2. The maximum atomic E-state index is 14.0. The monoisotopic (exact) mass is 760 g/mol. The summed E-state index contributed by atoms with van der Waals surface area (Å²) >= 11 is 15.1. The van der Waals surface area contributed by atoms with E-state index in [0.717, 1.165) is 29.0 Å². The summed E-state index contributed by atoms with van der Waals surface area (Å²) in [5.74, 6) is 1.35. The van der Waals surface area contributed by atoms with Gasteiger partial charge in [0.05, 0.1) is 35.2 Å². The van der Waals surface area contributed by atoms with Gasteiger partial charge >= 0.3 is 0 Å². The quantitative estimate of drug-likeness (QED) is 0.143. The zero-order valence-electron chi connectivity index (χ0n) is 27.8. The van der Waals surface area contributed by atoms with Crippen molar-refractivity contribution in [3.05, 3.63) is 87.4 Å². The second-order valence-corrected chi connectivity index (χ2v) is 14.8. The summed E-state index contributed by atoms with van der Waals surface area (Å²) in [5, 5.41) is 51.4. The molecule has 3 aliphatic rings. The molecule has 15 heteroatoms. The number of ether oxygens (including phenoxy) is 1. The van der Waals surface area contributed by atoms with Gasteiger partial charge in [0.1, 0.15) is 30.7 Å². The fourth-order valence-corrected chi connectivity index (χ4v) is 7.98. The molecule has 12 nitrogen and oxygen atoms in total. The molecule has 2 heterocycles. The topological polar surface area (TPSA) is 166 Å². The van der Waals surface area contributed by atoms with Gasteiger partial charge in [-0.25, -0.2) is 0 Å². The average Bonchev–Trinajstić information content (AvgIpc) is 3.90. The second kappa shape index (κ2) is 16.7. The number of nitrogens with one attached hydrogen (secondary N) is 1. The van der Waals surface area contributed by atoms with Gasteiger partial charge in [-0.3, -0.25) is 14.5 Å². The first kappa shape index (κ1) is 37.6. The smallest absolute Gasteiger partial charge is 0.251 e. The highest BCUT2D eigenvalue weighted by molar-refractivity contribution is 7.99. The van der Waals surface area contributed by atoms with Crippen LogP contribution in [-0.2, 0) is 17.9 Å². The third-order valence-electron chi connectivity index (χ3n) is 9.44. The normalized spacial score (nSPS) is 20.0. The van der Waals surface area contributed by atoms with Gasteiger partial charge in [-0.2, -0.15) is 0 Å². The van der Waals surface area contributed by atoms with E-state index >= 15 is 0 Å². The highest BCUT2D eigenvalue weighted by Crippen LogP contribution is 2.41. The van der Waals surface area contributed by atoms with Crippen LogP contribution in [-0.4, -0.2) is 117 Å². The Labute approximate surface area is 310 Å². The van der Waals surface area contributed by atoms with Gasteiger partial charge in [-0.1, -0.05) is 47.5 Å². The number of rotatable bonds is 14. The second-order valence-electron chi connectivity index (χ2n) is 13.0. The van der Waals surface area contributed by atoms with Crippen LogP contribution in [0.5, 0.6) is 5.75 Å². The average molecular weight is 762 g/mol. The minimum Gasteiger partial charge on any atom is -0.487 e. The Morgan fingerprint density at radius 1 is 0.922 bits per heavy atom. The standard InChI is InChI=1S/C36H42Cl2N4O8S/c37-25-14-32(50-18-21-5-7-22(8-6-21)35(48)39-15-30(44)33(46)34(47)31(45)17-43)26(38)13-23(25)16-40-20-51-19-29(40)36(49)42-12-11-41(24-9-10-24)27-3-1-2-4-28(27)42/h1-8,13-14,24,29-31,33-34,43-47H,9-12,15-20H2,(H,39,48)/t29-,30+,31-,33-,34-/m1/s1. The number of para-hydroxylation sites is 2. The number of aliphatic hydroxyl groups is 5. The number of anilines is 2. The first-order valence-corrected chi connectivity index (χ1v) is 18.8. The molecule has 0 aromatic heterocycles. The van der Waals surface area contributed by atoms with Crippen molar-refractivity contribution >= 4 is 58.2 Å². The van der Waals surface area contributed by atoms with E-state index in [0.29, 0.717) is 46.6 Å². The number of hydrogen-bond acceptors (Lipinski definition) is 11. The van der Waals surface area contributed by atoms with Crippen molar-refractivity contribution < 1.29 is 39.9 Å². The maximum absolute atomic E-state index is 14.0. The van der Waals surface area contributed by atoms with E-state index < -0.39 is 43.5 Å². The lowest BCUT2D eigenvalue weighted by molar-refractivity contribution is -0.122. The largest absolute Gasteiger partial charge is 0.487 e. The lowest BCUT2D eigenvalue weighted by atomic mass is 10.0. The Balaban J connectivity index is 1.02. The molecule has 2 fully saturated rings. The summed E-state index contributed by atoms with van der Waals surface area (Å²) in [4.78, 5) is 33.0. The lowest BCUT2D eigenvalue weighted by Gasteiger charge is -2.39.